The Labute approximate surface area is 126 Å². The molecule has 0 atom stereocenters. The van der Waals surface area contributed by atoms with Crippen LogP contribution in [0.1, 0.15) is 22.3 Å². The van der Waals surface area contributed by atoms with Crippen LogP contribution in [0.3, 0.4) is 0 Å². The van der Waals surface area contributed by atoms with Crippen molar-refractivity contribution in [2.45, 2.75) is 27.7 Å². The Kier molecular flexibility index (Phi) is 6.26. The van der Waals surface area contributed by atoms with Gasteiger partial charge >= 0.3 is 129 Å². The molecular formula is C10H12I4-2. The van der Waals surface area contributed by atoms with Gasteiger partial charge in [-0.25, -0.2) is 0 Å². The number of hydrogen-bond donors (Lipinski definition) is 0. The summed E-state index contributed by atoms with van der Waals surface area (Å²) in [7, 11) is 0. The van der Waals surface area contributed by atoms with Gasteiger partial charge in [0.25, 0.3) is 0 Å². The van der Waals surface area contributed by atoms with E-state index in [2.05, 4.69) is 64.9 Å². The van der Waals surface area contributed by atoms with E-state index >= 15 is 0 Å². The normalized spacial score (nSPS) is 11.3. The van der Waals surface area contributed by atoms with Crippen LogP contribution in [0.15, 0.2) is 0 Å². The van der Waals surface area contributed by atoms with Gasteiger partial charge in [-0.2, -0.15) is 0 Å². The van der Waals surface area contributed by atoms with Crippen LogP contribution in [0.25, 0.3) is 0 Å². The molecule has 0 aromatic heterocycles. The van der Waals surface area contributed by atoms with Gasteiger partial charge in [-0.3, -0.25) is 0 Å². The van der Waals surface area contributed by atoms with Crippen LogP contribution in [-0.4, -0.2) is 0 Å². The van der Waals surface area contributed by atoms with E-state index in [9.17, 15) is 0 Å². The van der Waals surface area contributed by atoms with E-state index in [0.717, 1.165) is 0 Å². The van der Waals surface area contributed by atoms with E-state index in [0.29, 0.717) is 0 Å². The van der Waals surface area contributed by atoms with Gasteiger partial charge in [0.15, 0.2) is 0 Å². The van der Waals surface area contributed by atoms with E-state index in [1.165, 1.54) is 0 Å². The summed E-state index contributed by atoms with van der Waals surface area (Å²) in [5.41, 5.74) is 6.28. The molecule has 0 bridgehead atoms. The molecule has 0 saturated carbocycles. The number of hydrogen-bond acceptors (Lipinski definition) is 0. The Morgan fingerprint density at radius 1 is 0.643 bits per heavy atom. The molecule has 82 valence electrons. The summed E-state index contributed by atoms with van der Waals surface area (Å²) in [5.74, 6) is 0. The summed E-state index contributed by atoms with van der Waals surface area (Å²) in [4.78, 5) is 0. The van der Waals surface area contributed by atoms with Crippen molar-refractivity contribution in [3.05, 3.63) is 29.4 Å². The maximum atomic E-state index is 2.58. The van der Waals surface area contributed by atoms with Gasteiger partial charge < -0.3 is 0 Å². The summed E-state index contributed by atoms with van der Waals surface area (Å²) < 4.78 is 3.33. The third kappa shape index (κ3) is 2.69. The number of rotatable bonds is 2. The van der Waals surface area contributed by atoms with E-state index < -0.39 is 0 Å². The minimum atomic E-state index is 0.194. The van der Waals surface area contributed by atoms with Crippen LogP contribution in [0.2, 0.25) is 0 Å². The second kappa shape index (κ2) is 6.18. The van der Waals surface area contributed by atoms with Crippen molar-refractivity contribution >= 4 is 37.2 Å². The molecule has 0 aliphatic carbocycles. The fraction of sp³-hybridized carbons (Fsp3) is 0.400. The van der Waals surface area contributed by atoms with Gasteiger partial charge in [0.05, 0.1) is 0 Å². The van der Waals surface area contributed by atoms with E-state index in [1.54, 1.807) is 29.4 Å². The molecule has 0 heterocycles. The second-order valence-electron chi connectivity index (χ2n) is 3.27. The molecule has 4 heteroatoms. The zero-order valence-electron chi connectivity index (χ0n) is 8.51. The summed E-state index contributed by atoms with van der Waals surface area (Å²) in [6, 6.07) is 0. The van der Waals surface area contributed by atoms with Crippen molar-refractivity contribution in [3.63, 3.8) is 0 Å². The second-order valence-corrected chi connectivity index (χ2v) is 11.7. The molecule has 1 aromatic carbocycles. The topological polar surface area (TPSA) is 0 Å². The third-order valence-corrected chi connectivity index (χ3v) is 12.1. The summed E-state index contributed by atoms with van der Waals surface area (Å²) in [6.45, 7) is 9.20. The van der Waals surface area contributed by atoms with Gasteiger partial charge in [0.2, 0.25) is 0 Å². The van der Waals surface area contributed by atoms with Crippen molar-refractivity contribution < 1.29 is 34.5 Å². The molecule has 0 N–H and O–H groups in total. The van der Waals surface area contributed by atoms with Crippen LogP contribution >= 0.6 is 37.2 Å². The summed E-state index contributed by atoms with van der Waals surface area (Å²) in [6.07, 6.45) is 0. The molecule has 0 unspecified atom stereocenters. The standard InChI is InChI=1S/C10H12I4/c1-5-6(2)10(14-12)8(4)7(3)9(5)13-11/h1-4H3/q-2. The first kappa shape index (κ1) is 14.2. The van der Waals surface area contributed by atoms with Gasteiger partial charge in [-0.05, 0) is 0 Å². The van der Waals surface area contributed by atoms with Crippen LogP contribution < -0.4 is 34.5 Å². The Morgan fingerprint density at radius 2 is 0.857 bits per heavy atom. The molecular weight excluding hydrogens is 628 g/mol. The van der Waals surface area contributed by atoms with Crippen LogP contribution in [0, 0.1) is 34.8 Å². The zero-order valence-corrected chi connectivity index (χ0v) is 17.1. The van der Waals surface area contributed by atoms with Gasteiger partial charge in [0, 0.05) is 0 Å². The van der Waals surface area contributed by atoms with Crippen molar-refractivity contribution in [1.29, 1.82) is 0 Å². The SMILES string of the molecule is Cc1c(C)c([I-]I)c(C)c(C)c1[I-]I. The average molecular weight is 640 g/mol. The maximum absolute atomic E-state index is 2.58. The molecule has 0 amide bonds. The minimum absolute atomic E-state index is 0.194. The van der Waals surface area contributed by atoms with Crippen LogP contribution in [-0.2, 0) is 0 Å². The Bertz CT molecular complexity index is 294. The monoisotopic (exact) mass is 640 g/mol. The summed E-state index contributed by atoms with van der Waals surface area (Å²) in [5, 5.41) is 0. The van der Waals surface area contributed by atoms with E-state index in [1.807, 2.05) is 0 Å². The fourth-order valence-corrected chi connectivity index (χ4v) is 12.5. The molecule has 0 nitrogen and oxygen atoms in total. The molecule has 14 heavy (non-hydrogen) atoms. The molecule has 0 aliphatic rings. The van der Waals surface area contributed by atoms with Crippen LogP contribution in [0.4, 0.5) is 0 Å². The number of benzene rings is 1. The van der Waals surface area contributed by atoms with Crippen molar-refractivity contribution in [2.75, 3.05) is 0 Å². The van der Waals surface area contributed by atoms with Crippen molar-refractivity contribution in [2.24, 2.45) is 0 Å². The summed E-state index contributed by atoms with van der Waals surface area (Å²) >= 11 is 5.55. The number of halogens is 4. The molecule has 0 radical (unpaired) electrons. The van der Waals surface area contributed by atoms with E-state index in [-0.39, 0.29) is 34.5 Å². The van der Waals surface area contributed by atoms with Crippen LogP contribution in [0.5, 0.6) is 0 Å². The van der Waals surface area contributed by atoms with E-state index in [4.69, 9.17) is 0 Å². The molecule has 0 aliphatic heterocycles. The van der Waals surface area contributed by atoms with Crippen molar-refractivity contribution in [3.8, 4) is 0 Å². The molecule has 0 saturated heterocycles. The molecule has 1 aromatic rings. The predicted octanol–water partition coefficient (Wildman–Crippen LogP) is -1.86. The Morgan fingerprint density at radius 3 is 1.00 bits per heavy atom. The quantitative estimate of drug-likeness (QED) is 0.334. The molecule has 1 rings (SSSR count). The zero-order chi connectivity index (χ0) is 10.9. The van der Waals surface area contributed by atoms with Crippen molar-refractivity contribution in [1.82, 2.24) is 0 Å². The molecule has 0 fully saturated rings. The Hall–Kier alpha value is 2.14. The van der Waals surface area contributed by atoms with Gasteiger partial charge in [-0.1, -0.05) is 0 Å². The fourth-order valence-electron chi connectivity index (χ4n) is 1.44. The molecule has 0 spiro atoms. The first-order chi connectivity index (χ1) is 6.54. The van der Waals surface area contributed by atoms with Gasteiger partial charge in [0.1, 0.15) is 0 Å². The first-order valence-electron chi connectivity index (χ1n) is 4.16. The predicted molar refractivity (Wildman–Crippen MR) is 70.8 cm³/mol. The Balaban J connectivity index is 3.55. The van der Waals surface area contributed by atoms with Gasteiger partial charge in [-0.15, -0.1) is 0 Å². The first-order valence-corrected chi connectivity index (χ1v) is 18.9. The average Bonchev–Trinajstić information content (AvgIpc) is 2.17. The third-order valence-electron chi connectivity index (χ3n) is 2.58.